The van der Waals surface area contributed by atoms with Gasteiger partial charge in [0, 0.05) is 16.6 Å². The van der Waals surface area contributed by atoms with Crippen LogP contribution in [-0.2, 0) is 5.54 Å². The second kappa shape index (κ2) is 4.39. The van der Waals surface area contributed by atoms with Crippen molar-refractivity contribution in [2.24, 2.45) is 0 Å². The Morgan fingerprint density at radius 3 is 2.68 bits per heavy atom. The van der Waals surface area contributed by atoms with Crippen molar-refractivity contribution in [3.63, 3.8) is 0 Å². The minimum atomic E-state index is 0.141. The van der Waals surface area contributed by atoms with Gasteiger partial charge in [-0.05, 0) is 43.3 Å². The van der Waals surface area contributed by atoms with Gasteiger partial charge in [-0.2, -0.15) is 0 Å². The summed E-state index contributed by atoms with van der Waals surface area (Å²) in [7, 11) is 0. The van der Waals surface area contributed by atoms with Crippen LogP contribution in [0.3, 0.4) is 0 Å². The summed E-state index contributed by atoms with van der Waals surface area (Å²) in [6.45, 7) is 2.30. The molecule has 1 aliphatic heterocycles. The Kier molecular flexibility index (Phi) is 2.55. The highest BCUT2D eigenvalue weighted by Gasteiger charge is 2.53. The zero-order chi connectivity index (χ0) is 14.7. The molecule has 3 heterocycles. The first-order valence-electron chi connectivity index (χ1n) is 8.16. The van der Waals surface area contributed by atoms with E-state index in [1.165, 1.54) is 48.1 Å². The predicted molar refractivity (Wildman–Crippen MR) is 91.6 cm³/mol. The van der Waals surface area contributed by atoms with Crippen LogP contribution in [0.15, 0.2) is 46.2 Å². The number of fused-ring (bicyclic) bond motifs is 4. The van der Waals surface area contributed by atoms with E-state index in [1.54, 1.807) is 11.3 Å². The second-order valence-corrected chi connectivity index (χ2v) is 7.46. The van der Waals surface area contributed by atoms with Crippen molar-refractivity contribution < 1.29 is 4.42 Å². The van der Waals surface area contributed by atoms with Crippen LogP contribution < -0.4 is 4.90 Å². The molecule has 112 valence electrons. The summed E-state index contributed by atoms with van der Waals surface area (Å²) < 4.78 is 6.28. The molecule has 0 amide bonds. The standard InChI is InChI=1S/C19H19NOS/c1-13-17-16(15-9-12-22-18(15)21-17)19(10-5-6-11-19)20(13)14-7-3-2-4-8-14/h2-4,7-9,12-13H,5-6,10-11H2,1H3/t13-/m0/s1. The van der Waals surface area contributed by atoms with E-state index >= 15 is 0 Å². The Balaban J connectivity index is 1.78. The number of nitrogens with zero attached hydrogens (tertiary/aromatic N) is 1. The molecular formula is C19H19NOS. The summed E-state index contributed by atoms with van der Waals surface area (Å²) in [4.78, 5) is 3.74. The molecule has 5 rings (SSSR count). The van der Waals surface area contributed by atoms with Gasteiger partial charge in [0.1, 0.15) is 5.76 Å². The quantitative estimate of drug-likeness (QED) is 0.561. The molecule has 1 aliphatic carbocycles. The van der Waals surface area contributed by atoms with Crippen LogP contribution in [0.5, 0.6) is 0 Å². The second-order valence-electron chi connectivity index (χ2n) is 6.58. The number of anilines is 1. The first-order valence-corrected chi connectivity index (χ1v) is 9.04. The lowest BCUT2D eigenvalue weighted by Crippen LogP contribution is -2.40. The minimum Gasteiger partial charge on any atom is -0.448 e. The van der Waals surface area contributed by atoms with E-state index in [0.29, 0.717) is 6.04 Å². The maximum atomic E-state index is 6.28. The summed E-state index contributed by atoms with van der Waals surface area (Å²) in [6, 6.07) is 13.4. The van der Waals surface area contributed by atoms with Gasteiger partial charge in [0.05, 0.1) is 11.6 Å². The largest absolute Gasteiger partial charge is 0.448 e. The van der Waals surface area contributed by atoms with Crippen LogP contribution in [0.1, 0.15) is 50.0 Å². The number of hydrogen-bond donors (Lipinski definition) is 0. The van der Waals surface area contributed by atoms with Gasteiger partial charge in [0.15, 0.2) is 4.90 Å². The average molecular weight is 309 g/mol. The smallest absolute Gasteiger partial charge is 0.188 e. The van der Waals surface area contributed by atoms with E-state index in [2.05, 4.69) is 53.6 Å². The molecule has 1 atom stereocenters. The van der Waals surface area contributed by atoms with E-state index in [9.17, 15) is 0 Å². The van der Waals surface area contributed by atoms with Crippen LogP contribution in [0.2, 0.25) is 0 Å². The summed E-state index contributed by atoms with van der Waals surface area (Å²) in [6.07, 6.45) is 5.10. The van der Waals surface area contributed by atoms with Crippen LogP contribution in [-0.4, -0.2) is 0 Å². The van der Waals surface area contributed by atoms with Crippen LogP contribution in [0.4, 0.5) is 5.69 Å². The van der Waals surface area contributed by atoms with Crippen molar-refractivity contribution in [3.05, 3.63) is 53.1 Å². The van der Waals surface area contributed by atoms with E-state index < -0.39 is 0 Å². The lowest BCUT2D eigenvalue weighted by molar-refractivity contribution is 0.411. The van der Waals surface area contributed by atoms with Gasteiger partial charge in [0.2, 0.25) is 0 Å². The van der Waals surface area contributed by atoms with Crippen molar-refractivity contribution >= 4 is 27.3 Å². The Labute approximate surface area is 134 Å². The molecule has 0 bridgehead atoms. The van der Waals surface area contributed by atoms with Crippen molar-refractivity contribution in [2.75, 3.05) is 4.90 Å². The topological polar surface area (TPSA) is 16.4 Å². The Morgan fingerprint density at radius 1 is 1.14 bits per heavy atom. The first kappa shape index (κ1) is 12.8. The number of benzene rings is 1. The zero-order valence-corrected chi connectivity index (χ0v) is 13.5. The third-order valence-corrected chi connectivity index (χ3v) is 6.30. The highest BCUT2D eigenvalue weighted by atomic mass is 32.1. The molecule has 0 saturated heterocycles. The van der Waals surface area contributed by atoms with Gasteiger partial charge in [-0.25, -0.2) is 0 Å². The van der Waals surface area contributed by atoms with E-state index in [-0.39, 0.29) is 5.54 Å². The molecular weight excluding hydrogens is 290 g/mol. The van der Waals surface area contributed by atoms with E-state index in [4.69, 9.17) is 4.42 Å². The van der Waals surface area contributed by atoms with Crippen molar-refractivity contribution in [1.82, 2.24) is 0 Å². The lowest BCUT2D eigenvalue weighted by atomic mass is 9.88. The highest BCUT2D eigenvalue weighted by Crippen LogP contribution is 2.59. The van der Waals surface area contributed by atoms with Crippen molar-refractivity contribution in [1.29, 1.82) is 0 Å². The van der Waals surface area contributed by atoms with Gasteiger partial charge in [-0.3, -0.25) is 0 Å². The number of para-hydroxylation sites is 1. The Hall–Kier alpha value is -1.74. The van der Waals surface area contributed by atoms with Gasteiger partial charge in [0.25, 0.3) is 0 Å². The SMILES string of the molecule is C[C@H]1c2oc3sccc3c2C2(CCCC2)N1c1ccccc1. The van der Waals surface area contributed by atoms with Crippen LogP contribution in [0.25, 0.3) is 10.3 Å². The normalized spacial score (nSPS) is 22.8. The zero-order valence-electron chi connectivity index (χ0n) is 12.7. The average Bonchev–Trinajstić information content (AvgIpc) is 3.26. The van der Waals surface area contributed by atoms with Gasteiger partial charge >= 0.3 is 0 Å². The highest BCUT2D eigenvalue weighted by molar-refractivity contribution is 7.16. The molecule has 3 heteroatoms. The van der Waals surface area contributed by atoms with E-state index in [1.807, 2.05) is 0 Å². The molecule has 22 heavy (non-hydrogen) atoms. The predicted octanol–water partition coefficient (Wildman–Crippen LogP) is 5.84. The molecule has 0 unspecified atom stereocenters. The molecule has 3 aromatic rings. The summed E-state index contributed by atoms with van der Waals surface area (Å²) >= 11 is 1.73. The van der Waals surface area contributed by atoms with Crippen molar-refractivity contribution in [2.45, 2.75) is 44.2 Å². The fraction of sp³-hybridized carbons (Fsp3) is 0.368. The van der Waals surface area contributed by atoms with Gasteiger partial charge in [-0.1, -0.05) is 31.0 Å². The molecule has 1 aromatic carbocycles. The maximum absolute atomic E-state index is 6.28. The van der Waals surface area contributed by atoms with Crippen LogP contribution >= 0.6 is 11.3 Å². The molecule has 1 fully saturated rings. The van der Waals surface area contributed by atoms with E-state index in [0.717, 1.165) is 4.90 Å². The fourth-order valence-corrected chi connectivity index (χ4v) is 5.50. The van der Waals surface area contributed by atoms with Crippen LogP contribution in [0, 0.1) is 0 Å². The third-order valence-electron chi connectivity index (χ3n) is 5.51. The Bertz CT molecular complexity index is 826. The maximum Gasteiger partial charge on any atom is 0.188 e. The first-order chi connectivity index (χ1) is 10.8. The molecule has 1 spiro atoms. The molecule has 1 saturated carbocycles. The minimum absolute atomic E-state index is 0.141. The molecule has 0 N–H and O–H groups in total. The number of thiophene rings is 1. The summed E-state index contributed by atoms with van der Waals surface area (Å²) in [5.74, 6) is 1.20. The lowest BCUT2D eigenvalue weighted by Gasteiger charge is -2.40. The summed E-state index contributed by atoms with van der Waals surface area (Å²) in [5.41, 5.74) is 2.95. The fourth-order valence-electron chi connectivity index (χ4n) is 4.74. The summed E-state index contributed by atoms with van der Waals surface area (Å²) in [5, 5.41) is 3.51. The third kappa shape index (κ3) is 1.45. The van der Waals surface area contributed by atoms with Crippen molar-refractivity contribution in [3.8, 4) is 0 Å². The number of rotatable bonds is 1. The number of furan rings is 1. The number of hydrogen-bond acceptors (Lipinski definition) is 3. The molecule has 2 aliphatic rings. The van der Waals surface area contributed by atoms with Gasteiger partial charge < -0.3 is 9.32 Å². The molecule has 2 aromatic heterocycles. The monoisotopic (exact) mass is 309 g/mol. The molecule has 2 nitrogen and oxygen atoms in total. The Morgan fingerprint density at radius 2 is 1.91 bits per heavy atom. The van der Waals surface area contributed by atoms with Gasteiger partial charge in [-0.15, -0.1) is 11.3 Å². The molecule has 0 radical (unpaired) electrons.